The Morgan fingerprint density at radius 3 is 1.07 bits per heavy atom. The van der Waals surface area contributed by atoms with Gasteiger partial charge in [0.25, 0.3) is 0 Å². The van der Waals surface area contributed by atoms with Gasteiger partial charge in [0.2, 0.25) is 11.6 Å². The van der Waals surface area contributed by atoms with E-state index in [2.05, 4.69) is 0 Å². The molecule has 0 aliphatic rings. The normalized spacial score (nSPS) is 11.1. The molecule has 0 radical (unpaired) electrons. The lowest BCUT2D eigenvalue weighted by Gasteiger charge is -2.27. The van der Waals surface area contributed by atoms with Crippen LogP contribution in [0.25, 0.3) is 0 Å². The lowest BCUT2D eigenvalue weighted by molar-refractivity contribution is 0.372. The first-order valence-electron chi connectivity index (χ1n) is 7.92. The molecule has 0 amide bonds. The van der Waals surface area contributed by atoms with Crippen LogP contribution in [0.15, 0.2) is 30.3 Å². The molecule has 0 saturated heterocycles. The van der Waals surface area contributed by atoms with Crippen LogP contribution in [0.3, 0.4) is 0 Å². The second-order valence-corrected chi connectivity index (χ2v) is 5.91. The van der Waals surface area contributed by atoms with Gasteiger partial charge in [0.1, 0.15) is 11.4 Å². The molecule has 0 heterocycles. The van der Waals surface area contributed by atoms with Gasteiger partial charge in [-0.2, -0.15) is 0 Å². The van der Waals surface area contributed by atoms with E-state index < -0.39 is 76.1 Å². The van der Waals surface area contributed by atoms with E-state index in [1.165, 1.54) is 30.3 Å². The van der Waals surface area contributed by atoms with Crippen molar-refractivity contribution in [1.82, 2.24) is 0 Å². The van der Waals surface area contributed by atoms with Gasteiger partial charge in [0.05, 0.1) is 0 Å². The minimum Gasteiger partial charge on any atom is -0.327 e. The lowest BCUT2D eigenvalue weighted by atomic mass is 10.1. The summed E-state index contributed by atoms with van der Waals surface area (Å²) >= 11 is 0. The van der Waals surface area contributed by atoms with Gasteiger partial charge < -0.3 is 4.90 Å². The van der Waals surface area contributed by atoms with Gasteiger partial charge in [-0.1, -0.05) is 30.3 Å². The van der Waals surface area contributed by atoms with Crippen LogP contribution in [0.1, 0.15) is 5.56 Å². The Kier molecular flexibility index (Phi) is 5.64. The first kappa shape index (κ1) is 21.5. The predicted molar refractivity (Wildman–Crippen MR) is 84.7 cm³/mol. The summed E-state index contributed by atoms with van der Waals surface area (Å²) in [6, 6.07) is 6.62. The molecule has 0 bridgehead atoms. The van der Waals surface area contributed by atoms with Crippen molar-refractivity contribution in [2.75, 3.05) is 4.90 Å². The Morgan fingerprint density at radius 2 is 0.733 bits per heavy atom. The number of benzene rings is 3. The molecule has 0 aromatic heterocycles. The Bertz CT molecular complexity index is 1000. The molecule has 0 saturated carbocycles. The fourth-order valence-corrected chi connectivity index (χ4v) is 2.70. The molecular weight excluding hydrogens is 432 g/mol. The van der Waals surface area contributed by atoms with Gasteiger partial charge >= 0.3 is 0 Å². The average molecular weight is 439 g/mol. The standard InChI is InChI=1S/C19H7F10N/c20-8-10(22)14(26)18(15(27)11(8)23)30(6-7-4-2-1-3-5-7)19-16(28)12(24)9(21)13(25)17(19)29/h1-5H,6H2. The number of halogens is 10. The summed E-state index contributed by atoms with van der Waals surface area (Å²) in [7, 11) is 0. The zero-order valence-corrected chi connectivity index (χ0v) is 14.3. The van der Waals surface area contributed by atoms with Crippen molar-refractivity contribution in [1.29, 1.82) is 0 Å². The highest BCUT2D eigenvalue weighted by Gasteiger charge is 2.35. The zero-order chi connectivity index (χ0) is 22.3. The molecule has 3 aromatic rings. The highest BCUT2D eigenvalue weighted by molar-refractivity contribution is 5.66. The van der Waals surface area contributed by atoms with Crippen LogP contribution in [0, 0.1) is 58.2 Å². The molecule has 0 fully saturated rings. The molecule has 0 aliphatic carbocycles. The zero-order valence-electron chi connectivity index (χ0n) is 14.3. The van der Waals surface area contributed by atoms with E-state index >= 15 is 0 Å². The minimum absolute atomic E-state index is 0.00890. The van der Waals surface area contributed by atoms with Crippen molar-refractivity contribution in [2.24, 2.45) is 0 Å². The fourth-order valence-electron chi connectivity index (χ4n) is 2.70. The maximum atomic E-state index is 14.3. The minimum atomic E-state index is -2.56. The molecule has 3 aromatic carbocycles. The summed E-state index contributed by atoms with van der Waals surface area (Å²) in [6.07, 6.45) is 0. The van der Waals surface area contributed by atoms with Gasteiger partial charge in [-0.15, -0.1) is 0 Å². The third-order valence-corrected chi connectivity index (χ3v) is 4.10. The van der Waals surface area contributed by atoms with Crippen molar-refractivity contribution in [3.8, 4) is 0 Å². The fraction of sp³-hybridized carbons (Fsp3) is 0.0526. The molecule has 0 N–H and O–H groups in total. The first-order valence-corrected chi connectivity index (χ1v) is 7.92. The second-order valence-electron chi connectivity index (χ2n) is 5.91. The highest BCUT2D eigenvalue weighted by atomic mass is 19.2. The van der Waals surface area contributed by atoms with Gasteiger partial charge in [0, 0.05) is 6.54 Å². The lowest BCUT2D eigenvalue weighted by Crippen LogP contribution is -2.25. The third kappa shape index (κ3) is 3.33. The summed E-state index contributed by atoms with van der Waals surface area (Å²) in [4.78, 5) is -0.206. The van der Waals surface area contributed by atoms with Gasteiger partial charge in [-0.05, 0) is 5.56 Å². The van der Waals surface area contributed by atoms with E-state index in [0.29, 0.717) is 0 Å². The maximum Gasteiger partial charge on any atom is 0.200 e. The Hall–Kier alpha value is -3.24. The number of nitrogens with zero attached hydrogens (tertiary/aromatic N) is 1. The van der Waals surface area contributed by atoms with Crippen LogP contribution < -0.4 is 4.90 Å². The largest absolute Gasteiger partial charge is 0.327 e. The smallest absolute Gasteiger partial charge is 0.200 e. The Balaban J connectivity index is 2.39. The van der Waals surface area contributed by atoms with E-state index in [4.69, 9.17) is 0 Å². The number of rotatable bonds is 4. The van der Waals surface area contributed by atoms with E-state index in [1.807, 2.05) is 0 Å². The van der Waals surface area contributed by atoms with Crippen LogP contribution >= 0.6 is 0 Å². The van der Waals surface area contributed by atoms with E-state index in [1.54, 1.807) is 0 Å². The third-order valence-electron chi connectivity index (χ3n) is 4.10. The molecule has 30 heavy (non-hydrogen) atoms. The van der Waals surface area contributed by atoms with Gasteiger partial charge in [0.15, 0.2) is 46.5 Å². The topological polar surface area (TPSA) is 3.24 Å². The molecule has 0 aliphatic heterocycles. The molecule has 1 nitrogen and oxygen atoms in total. The molecule has 3 rings (SSSR count). The molecular formula is C19H7F10N. The summed E-state index contributed by atoms with van der Waals surface area (Å²) < 4.78 is 139. The van der Waals surface area contributed by atoms with Crippen LogP contribution in [-0.2, 0) is 6.54 Å². The Morgan fingerprint density at radius 1 is 0.433 bits per heavy atom. The van der Waals surface area contributed by atoms with Crippen LogP contribution in [0.4, 0.5) is 55.3 Å². The second kappa shape index (κ2) is 7.88. The maximum absolute atomic E-state index is 14.3. The molecule has 11 heteroatoms. The Labute approximate surface area is 161 Å². The molecule has 0 spiro atoms. The average Bonchev–Trinajstić information content (AvgIpc) is 2.74. The summed E-state index contributed by atoms with van der Waals surface area (Å²) in [6.45, 7) is -1.00. The molecule has 158 valence electrons. The summed E-state index contributed by atoms with van der Waals surface area (Å²) in [5.74, 6) is -25.1. The van der Waals surface area contributed by atoms with E-state index in [0.717, 1.165) is 0 Å². The monoisotopic (exact) mass is 439 g/mol. The highest BCUT2D eigenvalue weighted by Crippen LogP contribution is 2.40. The number of hydrogen-bond acceptors (Lipinski definition) is 1. The summed E-state index contributed by atoms with van der Waals surface area (Å²) in [5.41, 5.74) is -3.79. The van der Waals surface area contributed by atoms with E-state index in [9.17, 15) is 43.9 Å². The van der Waals surface area contributed by atoms with Crippen LogP contribution in [0.5, 0.6) is 0 Å². The number of hydrogen-bond donors (Lipinski definition) is 0. The predicted octanol–water partition coefficient (Wildman–Crippen LogP) is 6.42. The summed E-state index contributed by atoms with van der Waals surface area (Å²) in [5, 5.41) is 0. The van der Waals surface area contributed by atoms with Crippen molar-refractivity contribution in [3.63, 3.8) is 0 Å². The van der Waals surface area contributed by atoms with Crippen molar-refractivity contribution in [2.45, 2.75) is 6.54 Å². The van der Waals surface area contributed by atoms with E-state index in [-0.39, 0.29) is 10.5 Å². The SMILES string of the molecule is Fc1c(F)c(F)c(N(Cc2ccccc2)c2c(F)c(F)c(F)c(F)c2F)c(F)c1F. The van der Waals surface area contributed by atoms with Crippen LogP contribution in [0.2, 0.25) is 0 Å². The van der Waals surface area contributed by atoms with Crippen molar-refractivity contribution in [3.05, 3.63) is 94.1 Å². The van der Waals surface area contributed by atoms with Crippen molar-refractivity contribution >= 4 is 11.4 Å². The molecule has 0 atom stereocenters. The van der Waals surface area contributed by atoms with Gasteiger partial charge in [-0.3, -0.25) is 0 Å². The quantitative estimate of drug-likeness (QED) is 0.258. The van der Waals surface area contributed by atoms with Crippen LogP contribution in [-0.4, -0.2) is 0 Å². The number of anilines is 2. The first-order chi connectivity index (χ1) is 14.1. The van der Waals surface area contributed by atoms with Crippen molar-refractivity contribution < 1.29 is 43.9 Å². The van der Waals surface area contributed by atoms with Gasteiger partial charge in [-0.25, -0.2) is 43.9 Å². The molecule has 0 unspecified atom stereocenters.